The standard InChI is InChI=1S/C14H10ClNO5/c15-10-2-1-3-12(14(10)16(17)18)19-7-9-4-5-11-13(6-9)21-8-20-11/h1-6H,7-8H2. The molecule has 0 amide bonds. The van der Waals surface area contributed by atoms with Gasteiger partial charge < -0.3 is 14.2 Å². The van der Waals surface area contributed by atoms with Gasteiger partial charge in [-0.2, -0.15) is 0 Å². The Hall–Kier alpha value is -2.47. The number of para-hydroxylation sites is 1. The van der Waals surface area contributed by atoms with Crippen LogP contribution >= 0.6 is 11.6 Å². The summed E-state index contributed by atoms with van der Waals surface area (Å²) in [6.07, 6.45) is 0. The Morgan fingerprint density at radius 2 is 2.05 bits per heavy atom. The summed E-state index contributed by atoms with van der Waals surface area (Å²) in [6.45, 7) is 0.358. The summed E-state index contributed by atoms with van der Waals surface area (Å²) in [6, 6.07) is 9.92. The number of nitro groups is 1. The lowest BCUT2D eigenvalue weighted by Crippen LogP contribution is -1.99. The minimum absolute atomic E-state index is 0.0446. The van der Waals surface area contributed by atoms with Crippen molar-refractivity contribution < 1.29 is 19.1 Å². The number of hydrogen-bond acceptors (Lipinski definition) is 5. The minimum Gasteiger partial charge on any atom is -0.482 e. The Labute approximate surface area is 125 Å². The van der Waals surface area contributed by atoms with E-state index in [2.05, 4.69) is 0 Å². The van der Waals surface area contributed by atoms with Gasteiger partial charge in [0.15, 0.2) is 17.2 Å². The van der Waals surface area contributed by atoms with Gasteiger partial charge in [-0.25, -0.2) is 0 Å². The molecule has 0 N–H and O–H groups in total. The molecule has 21 heavy (non-hydrogen) atoms. The molecule has 0 spiro atoms. The van der Waals surface area contributed by atoms with Crippen molar-refractivity contribution in [1.82, 2.24) is 0 Å². The number of hydrogen-bond donors (Lipinski definition) is 0. The molecule has 0 fully saturated rings. The third-order valence-electron chi connectivity index (χ3n) is 2.96. The first-order chi connectivity index (χ1) is 10.1. The fourth-order valence-corrected chi connectivity index (χ4v) is 2.22. The van der Waals surface area contributed by atoms with Gasteiger partial charge >= 0.3 is 5.69 Å². The second-order valence-corrected chi connectivity index (χ2v) is 4.73. The summed E-state index contributed by atoms with van der Waals surface area (Å²) in [5.41, 5.74) is 0.577. The van der Waals surface area contributed by atoms with Crippen molar-refractivity contribution in [2.75, 3.05) is 6.79 Å². The molecule has 1 aliphatic rings. The van der Waals surface area contributed by atoms with E-state index in [0.717, 1.165) is 5.56 Å². The summed E-state index contributed by atoms with van der Waals surface area (Å²) in [4.78, 5) is 10.5. The SMILES string of the molecule is O=[N+]([O-])c1c(Cl)cccc1OCc1ccc2c(c1)OCO2. The van der Waals surface area contributed by atoms with Crippen LogP contribution < -0.4 is 14.2 Å². The molecule has 3 rings (SSSR count). The van der Waals surface area contributed by atoms with Gasteiger partial charge in [-0.05, 0) is 29.8 Å². The van der Waals surface area contributed by atoms with Crippen molar-refractivity contribution in [2.45, 2.75) is 6.61 Å². The average molecular weight is 308 g/mol. The van der Waals surface area contributed by atoms with Gasteiger partial charge in [0.05, 0.1) is 4.92 Å². The van der Waals surface area contributed by atoms with Gasteiger partial charge in [-0.15, -0.1) is 0 Å². The van der Waals surface area contributed by atoms with E-state index in [4.69, 9.17) is 25.8 Å². The zero-order chi connectivity index (χ0) is 14.8. The number of halogens is 1. The molecule has 0 unspecified atom stereocenters. The highest BCUT2D eigenvalue weighted by atomic mass is 35.5. The highest BCUT2D eigenvalue weighted by Crippen LogP contribution is 2.36. The van der Waals surface area contributed by atoms with E-state index in [1.807, 2.05) is 6.07 Å². The topological polar surface area (TPSA) is 70.8 Å². The Balaban J connectivity index is 1.79. The molecule has 2 aromatic rings. The van der Waals surface area contributed by atoms with E-state index >= 15 is 0 Å². The van der Waals surface area contributed by atoms with Crippen molar-refractivity contribution in [3.63, 3.8) is 0 Å². The molecule has 0 aliphatic carbocycles. The van der Waals surface area contributed by atoms with Crippen molar-refractivity contribution in [3.05, 3.63) is 57.1 Å². The van der Waals surface area contributed by atoms with E-state index in [9.17, 15) is 10.1 Å². The molecule has 0 radical (unpaired) electrons. The molecule has 1 heterocycles. The predicted molar refractivity (Wildman–Crippen MR) is 75.0 cm³/mol. The van der Waals surface area contributed by atoms with E-state index in [1.165, 1.54) is 12.1 Å². The molecule has 0 saturated carbocycles. The molecule has 0 saturated heterocycles. The monoisotopic (exact) mass is 307 g/mol. The first-order valence-electron chi connectivity index (χ1n) is 6.09. The van der Waals surface area contributed by atoms with Gasteiger partial charge in [0.2, 0.25) is 6.79 Å². The average Bonchev–Trinajstić information content (AvgIpc) is 2.92. The van der Waals surface area contributed by atoms with E-state index in [1.54, 1.807) is 18.2 Å². The molecule has 6 nitrogen and oxygen atoms in total. The third-order valence-corrected chi connectivity index (χ3v) is 3.27. The molecule has 108 valence electrons. The largest absolute Gasteiger partial charge is 0.482 e. The maximum Gasteiger partial charge on any atom is 0.329 e. The second kappa shape index (κ2) is 5.49. The van der Waals surface area contributed by atoms with E-state index in [0.29, 0.717) is 11.5 Å². The van der Waals surface area contributed by atoms with Crippen LogP contribution in [0, 0.1) is 10.1 Å². The molecular formula is C14H10ClNO5. The molecule has 1 aliphatic heterocycles. The van der Waals surface area contributed by atoms with Crippen molar-refractivity contribution in [1.29, 1.82) is 0 Å². The normalized spacial score (nSPS) is 12.2. The first-order valence-corrected chi connectivity index (χ1v) is 6.47. The minimum atomic E-state index is -0.558. The van der Waals surface area contributed by atoms with E-state index < -0.39 is 4.92 Å². The Kier molecular flexibility index (Phi) is 3.53. The zero-order valence-electron chi connectivity index (χ0n) is 10.7. The summed E-state index contributed by atoms with van der Waals surface area (Å²) in [5.74, 6) is 1.44. The van der Waals surface area contributed by atoms with Crippen molar-refractivity contribution in [2.24, 2.45) is 0 Å². The van der Waals surface area contributed by atoms with Crippen LogP contribution in [0.5, 0.6) is 17.2 Å². The van der Waals surface area contributed by atoms with Crippen LogP contribution in [0.2, 0.25) is 5.02 Å². The summed E-state index contributed by atoms with van der Waals surface area (Å²) >= 11 is 5.82. The summed E-state index contributed by atoms with van der Waals surface area (Å²) in [7, 11) is 0. The number of nitrogens with zero attached hydrogens (tertiary/aromatic N) is 1. The van der Waals surface area contributed by atoms with Gasteiger partial charge in [0.1, 0.15) is 11.6 Å². The predicted octanol–water partition coefficient (Wildman–Crippen LogP) is 3.56. The smallest absolute Gasteiger partial charge is 0.329 e. The maximum absolute atomic E-state index is 11.0. The molecular weight excluding hydrogens is 298 g/mol. The fourth-order valence-electron chi connectivity index (χ4n) is 1.98. The lowest BCUT2D eigenvalue weighted by molar-refractivity contribution is -0.385. The van der Waals surface area contributed by atoms with Crippen molar-refractivity contribution in [3.8, 4) is 17.2 Å². The van der Waals surface area contributed by atoms with Gasteiger partial charge in [0.25, 0.3) is 0 Å². The van der Waals surface area contributed by atoms with Gasteiger partial charge in [-0.1, -0.05) is 23.7 Å². The van der Waals surface area contributed by atoms with E-state index in [-0.39, 0.29) is 29.9 Å². The molecule has 7 heteroatoms. The number of rotatable bonds is 4. The maximum atomic E-state index is 11.0. The molecule has 0 aromatic heterocycles. The fraction of sp³-hybridized carbons (Fsp3) is 0.143. The Morgan fingerprint density at radius 1 is 1.24 bits per heavy atom. The molecule has 0 atom stereocenters. The molecule has 0 bridgehead atoms. The highest BCUT2D eigenvalue weighted by Gasteiger charge is 2.20. The third kappa shape index (κ3) is 2.71. The Bertz CT molecular complexity index is 704. The van der Waals surface area contributed by atoms with Gasteiger partial charge in [-0.3, -0.25) is 10.1 Å². The lowest BCUT2D eigenvalue weighted by atomic mass is 10.2. The lowest BCUT2D eigenvalue weighted by Gasteiger charge is -2.08. The highest BCUT2D eigenvalue weighted by molar-refractivity contribution is 6.32. The van der Waals surface area contributed by atoms with Crippen LogP contribution in [-0.2, 0) is 6.61 Å². The number of ether oxygens (including phenoxy) is 3. The van der Waals surface area contributed by atoms with Crippen LogP contribution in [0.1, 0.15) is 5.56 Å². The first kappa shape index (κ1) is 13.5. The van der Waals surface area contributed by atoms with Crippen LogP contribution in [0.3, 0.4) is 0 Å². The Morgan fingerprint density at radius 3 is 2.86 bits per heavy atom. The second-order valence-electron chi connectivity index (χ2n) is 4.32. The van der Waals surface area contributed by atoms with Crippen LogP contribution in [-0.4, -0.2) is 11.7 Å². The van der Waals surface area contributed by atoms with Crippen LogP contribution in [0.25, 0.3) is 0 Å². The molecule has 2 aromatic carbocycles. The van der Waals surface area contributed by atoms with Crippen LogP contribution in [0.4, 0.5) is 5.69 Å². The summed E-state index contributed by atoms with van der Waals surface area (Å²) in [5, 5.41) is 11.1. The summed E-state index contributed by atoms with van der Waals surface area (Å²) < 4.78 is 16.0. The number of fused-ring (bicyclic) bond motifs is 1. The zero-order valence-corrected chi connectivity index (χ0v) is 11.5. The number of benzene rings is 2. The quantitative estimate of drug-likeness (QED) is 0.638. The van der Waals surface area contributed by atoms with Gasteiger partial charge in [0, 0.05) is 0 Å². The van der Waals surface area contributed by atoms with Crippen LogP contribution in [0.15, 0.2) is 36.4 Å². The van der Waals surface area contributed by atoms with Crippen molar-refractivity contribution >= 4 is 17.3 Å². The number of nitro benzene ring substituents is 1.